The average Bonchev–Trinajstić information content (AvgIpc) is 3.15. The second-order valence-corrected chi connectivity index (χ2v) is 7.59. The number of aryl methyl sites for hydroxylation is 1. The number of anilines is 1. The Labute approximate surface area is 185 Å². The van der Waals surface area contributed by atoms with Gasteiger partial charge in [-0.3, -0.25) is 4.79 Å². The fourth-order valence-electron chi connectivity index (χ4n) is 2.70. The van der Waals surface area contributed by atoms with E-state index >= 15 is 0 Å². The summed E-state index contributed by atoms with van der Waals surface area (Å²) in [6, 6.07) is 14.4. The standard InChI is InChI=1S/C22H24N4O4S/c1-4-15-5-11-18(12-6-15)30-13-19-24-25-22(26(19)2)31-14-20(27)23-17-9-7-16(8-10-17)21(28)29-3/h5-12H,4,13-14H2,1-3H3,(H,23,27). The molecule has 0 fully saturated rings. The van der Waals surface area contributed by atoms with Gasteiger partial charge in [0.15, 0.2) is 11.0 Å². The highest BCUT2D eigenvalue weighted by Gasteiger charge is 2.13. The zero-order valence-corrected chi connectivity index (χ0v) is 18.4. The number of methoxy groups -OCH3 is 1. The Kier molecular flexibility index (Phi) is 7.66. The molecule has 3 aromatic rings. The van der Waals surface area contributed by atoms with E-state index in [9.17, 15) is 9.59 Å². The molecule has 0 radical (unpaired) electrons. The molecule has 0 saturated carbocycles. The molecule has 1 N–H and O–H groups in total. The van der Waals surface area contributed by atoms with Crippen LogP contribution in [0.15, 0.2) is 53.7 Å². The van der Waals surface area contributed by atoms with Gasteiger partial charge in [0.25, 0.3) is 0 Å². The molecule has 0 unspecified atom stereocenters. The fourth-order valence-corrected chi connectivity index (χ4v) is 3.43. The first kappa shape index (κ1) is 22.4. The molecule has 0 bridgehead atoms. The minimum Gasteiger partial charge on any atom is -0.486 e. The van der Waals surface area contributed by atoms with Gasteiger partial charge < -0.3 is 19.4 Å². The smallest absolute Gasteiger partial charge is 0.337 e. The number of carbonyl (C=O) groups is 2. The van der Waals surface area contributed by atoms with E-state index in [1.807, 2.05) is 35.9 Å². The minimum absolute atomic E-state index is 0.171. The maximum atomic E-state index is 12.2. The monoisotopic (exact) mass is 440 g/mol. The summed E-state index contributed by atoms with van der Waals surface area (Å²) in [5.41, 5.74) is 2.27. The zero-order valence-electron chi connectivity index (χ0n) is 17.6. The lowest BCUT2D eigenvalue weighted by atomic mass is 10.2. The lowest BCUT2D eigenvalue weighted by Crippen LogP contribution is -2.14. The van der Waals surface area contributed by atoms with Crippen LogP contribution in [0.5, 0.6) is 5.75 Å². The van der Waals surface area contributed by atoms with Crippen molar-refractivity contribution in [3.8, 4) is 5.75 Å². The third-order valence-corrected chi connectivity index (χ3v) is 5.57. The van der Waals surface area contributed by atoms with Crippen molar-refractivity contribution in [1.82, 2.24) is 14.8 Å². The van der Waals surface area contributed by atoms with Crippen molar-refractivity contribution in [2.24, 2.45) is 7.05 Å². The molecule has 0 aliphatic carbocycles. The van der Waals surface area contributed by atoms with Crippen molar-refractivity contribution in [2.45, 2.75) is 25.1 Å². The normalized spacial score (nSPS) is 10.5. The molecule has 3 rings (SSSR count). The van der Waals surface area contributed by atoms with Crippen LogP contribution in [0.1, 0.15) is 28.7 Å². The third-order valence-electron chi connectivity index (χ3n) is 4.55. The number of esters is 1. The number of hydrogen-bond acceptors (Lipinski definition) is 7. The number of hydrogen-bond donors (Lipinski definition) is 1. The van der Waals surface area contributed by atoms with Crippen molar-refractivity contribution in [1.29, 1.82) is 0 Å². The lowest BCUT2D eigenvalue weighted by molar-refractivity contribution is -0.113. The highest BCUT2D eigenvalue weighted by molar-refractivity contribution is 7.99. The van der Waals surface area contributed by atoms with E-state index in [-0.39, 0.29) is 18.3 Å². The van der Waals surface area contributed by atoms with Crippen LogP contribution in [-0.2, 0) is 29.6 Å². The Bertz CT molecular complexity index is 1030. The zero-order chi connectivity index (χ0) is 22.2. The highest BCUT2D eigenvalue weighted by atomic mass is 32.2. The van der Waals surface area contributed by atoms with E-state index in [0.717, 1.165) is 12.2 Å². The van der Waals surface area contributed by atoms with Crippen molar-refractivity contribution < 1.29 is 19.1 Å². The molecule has 0 spiro atoms. The molecule has 1 heterocycles. The lowest BCUT2D eigenvalue weighted by Gasteiger charge is -2.08. The van der Waals surface area contributed by atoms with Gasteiger partial charge in [-0.15, -0.1) is 10.2 Å². The number of aromatic nitrogens is 3. The first-order valence-electron chi connectivity index (χ1n) is 9.71. The second-order valence-electron chi connectivity index (χ2n) is 6.65. The van der Waals surface area contributed by atoms with Gasteiger partial charge in [0.2, 0.25) is 5.91 Å². The van der Waals surface area contributed by atoms with E-state index in [1.54, 1.807) is 24.3 Å². The van der Waals surface area contributed by atoms with Crippen LogP contribution in [0, 0.1) is 0 Å². The van der Waals surface area contributed by atoms with Gasteiger partial charge in [-0.1, -0.05) is 30.8 Å². The first-order valence-corrected chi connectivity index (χ1v) is 10.7. The molecule has 1 aromatic heterocycles. The molecular weight excluding hydrogens is 416 g/mol. The van der Waals surface area contributed by atoms with Gasteiger partial charge in [0.05, 0.1) is 18.4 Å². The molecule has 2 aromatic carbocycles. The van der Waals surface area contributed by atoms with E-state index in [1.165, 1.54) is 24.4 Å². The van der Waals surface area contributed by atoms with Gasteiger partial charge in [-0.25, -0.2) is 4.79 Å². The van der Waals surface area contributed by atoms with Crippen LogP contribution < -0.4 is 10.1 Å². The van der Waals surface area contributed by atoms with Crippen molar-refractivity contribution in [3.63, 3.8) is 0 Å². The summed E-state index contributed by atoms with van der Waals surface area (Å²) in [5.74, 6) is 0.998. The molecule has 0 atom stereocenters. The molecule has 9 heteroatoms. The number of amides is 1. The summed E-state index contributed by atoms with van der Waals surface area (Å²) in [7, 11) is 3.16. The molecule has 0 saturated heterocycles. The molecule has 0 aliphatic rings. The molecule has 31 heavy (non-hydrogen) atoms. The number of carbonyl (C=O) groups excluding carboxylic acids is 2. The van der Waals surface area contributed by atoms with Crippen LogP contribution >= 0.6 is 11.8 Å². The maximum absolute atomic E-state index is 12.2. The second kappa shape index (κ2) is 10.6. The minimum atomic E-state index is -0.423. The van der Waals surface area contributed by atoms with Crippen molar-refractivity contribution in [3.05, 3.63) is 65.5 Å². The Morgan fingerprint density at radius 3 is 2.42 bits per heavy atom. The van der Waals surface area contributed by atoms with E-state index in [4.69, 9.17) is 4.74 Å². The summed E-state index contributed by atoms with van der Waals surface area (Å²) >= 11 is 1.28. The van der Waals surface area contributed by atoms with Crippen molar-refractivity contribution >= 4 is 29.3 Å². The van der Waals surface area contributed by atoms with Gasteiger partial charge in [-0.2, -0.15) is 0 Å². The number of ether oxygens (including phenoxy) is 2. The van der Waals surface area contributed by atoms with Crippen LogP contribution in [0.4, 0.5) is 5.69 Å². The number of rotatable bonds is 9. The summed E-state index contributed by atoms with van der Waals surface area (Å²) in [4.78, 5) is 23.7. The average molecular weight is 441 g/mol. The molecule has 0 aliphatic heterocycles. The third kappa shape index (κ3) is 6.08. The van der Waals surface area contributed by atoms with Gasteiger partial charge in [0, 0.05) is 12.7 Å². The Morgan fingerprint density at radius 1 is 1.06 bits per heavy atom. The van der Waals surface area contributed by atoms with Crippen LogP contribution in [0.25, 0.3) is 0 Å². The van der Waals surface area contributed by atoms with Gasteiger partial charge in [-0.05, 0) is 48.4 Å². The topological polar surface area (TPSA) is 95.3 Å². The Balaban J connectivity index is 1.49. The van der Waals surface area contributed by atoms with Gasteiger partial charge >= 0.3 is 5.97 Å². The Hall–Kier alpha value is -3.33. The predicted molar refractivity (Wildman–Crippen MR) is 118 cm³/mol. The molecular formula is C22H24N4O4S. The first-order chi connectivity index (χ1) is 15.0. The molecule has 1 amide bonds. The largest absolute Gasteiger partial charge is 0.486 e. The summed E-state index contributed by atoms with van der Waals surface area (Å²) in [5, 5.41) is 11.7. The quantitative estimate of drug-likeness (QED) is 0.402. The fraction of sp³-hybridized carbons (Fsp3) is 0.273. The summed E-state index contributed by atoms with van der Waals surface area (Å²) in [6.07, 6.45) is 0.983. The van der Waals surface area contributed by atoms with Crippen LogP contribution in [0.2, 0.25) is 0 Å². The molecule has 162 valence electrons. The summed E-state index contributed by atoms with van der Waals surface area (Å²) in [6.45, 7) is 2.39. The van der Waals surface area contributed by atoms with Crippen LogP contribution in [-0.4, -0.2) is 39.5 Å². The summed E-state index contributed by atoms with van der Waals surface area (Å²) < 4.78 is 12.2. The van der Waals surface area contributed by atoms with E-state index < -0.39 is 5.97 Å². The SMILES string of the molecule is CCc1ccc(OCc2nnc(SCC(=O)Nc3ccc(C(=O)OC)cc3)n2C)cc1. The maximum Gasteiger partial charge on any atom is 0.337 e. The van der Waals surface area contributed by atoms with Crippen LogP contribution in [0.3, 0.4) is 0 Å². The number of nitrogens with zero attached hydrogens (tertiary/aromatic N) is 3. The number of nitrogens with one attached hydrogen (secondary N) is 1. The number of thioether (sulfide) groups is 1. The Morgan fingerprint density at radius 2 is 1.77 bits per heavy atom. The number of benzene rings is 2. The van der Waals surface area contributed by atoms with Crippen molar-refractivity contribution in [2.75, 3.05) is 18.2 Å². The molecule has 8 nitrogen and oxygen atoms in total. The van der Waals surface area contributed by atoms with Gasteiger partial charge in [0.1, 0.15) is 12.4 Å². The predicted octanol–water partition coefficient (Wildman–Crippen LogP) is 3.47. The highest BCUT2D eigenvalue weighted by Crippen LogP contribution is 2.19. The van der Waals surface area contributed by atoms with E-state index in [2.05, 4.69) is 27.2 Å². The van der Waals surface area contributed by atoms with E-state index in [0.29, 0.717) is 22.2 Å².